The van der Waals surface area contributed by atoms with Crippen molar-refractivity contribution in [2.24, 2.45) is 0 Å². The Kier molecular flexibility index (Phi) is 6.73. The molecule has 2 aliphatic rings. The molecule has 184 valence electrons. The van der Waals surface area contributed by atoms with Crippen molar-refractivity contribution in [2.45, 2.75) is 65.5 Å². The Balaban J connectivity index is 1.69. The fourth-order valence-electron chi connectivity index (χ4n) is 5.45. The quantitative estimate of drug-likeness (QED) is 0.344. The number of hydrogen-bond acceptors (Lipinski definition) is 5. The van der Waals surface area contributed by atoms with E-state index >= 15 is 0 Å². The van der Waals surface area contributed by atoms with Crippen LogP contribution in [0.25, 0.3) is 6.08 Å². The van der Waals surface area contributed by atoms with Gasteiger partial charge in [-0.05, 0) is 113 Å². The number of rotatable bonds is 5. The molecule has 0 saturated carbocycles. The fourth-order valence-corrected chi connectivity index (χ4v) is 5.74. The smallest absolute Gasteiger partial charge is 0.270 e. The van der Waals surface area contributed by atoms with Crippen LogP contribution in [0.2, 0.25) is 0 Å². The molecule has 2 heterocycles. The standard InChI is InChI=1S/C28H33N3O3S/c1-7-34-21-11-9-20(10-12-21)30-26(33)23(25(32)29-27(30)35)15-19-8-13-24-22(14-19)18(4)16-28(5,6)31(24)17(2)3/h8-15,17-18H,7,16H2,1-6H3,(H,29,32,35)/b23-15+/t18-/m0/s1. The molecule has 6 nitrogen and oxygen atoms in total. The van der Waals surface area contributed by atoms with Crippen LogP contribution >= 0.6 is 12.2 Å². The van der Waals surface area contributed by atoms with Crippen LogP contribution in [-0.2, 0) is 9.59 Å². The van der Waals surface area contributed by atoms with Gasteiger partial charge < -0.3 is 9.64 Å². The molecule has 1 fully saturated rings. The number of carbonyl (C=O) groups excluding carboxylic acids is 2. The van der Waals surface area contributed by atoms with E-state index in [0.29, 0.717) is 30.0 Å². The van der Waals surface area contributed by atoms with Gasteiger partial charge in [0.05, 0.1) is 12.3 Å². The van der Waals surface area contributed by atoms with Gasteiger partial charge in [0, 0.05) is 17.3 Å². The second-order valence-corrected chi connectivity index (χ2v) is 10.5. The summed E-state index contributed by atoms with van der Waals surface area (Å²) in [6, 6.07) is 13.6. The van der Waals surface area contributed by atoms with E-state index in [1.807, 2.05) is 13.0 Å². The molecule has 0 aliphatic carbocycles. The zero-order valence-electron chi connectivity index (χ0n) is 21.2. The minimum absolute atomic E-state index is 0.0493. The van der Waals surface area contributed by atoms with Gasteiger partial charge in [-0.15, -0.1) is 0 Å². The highest BCUT2D eigenvalue weighted by molar-refractivity contribution is 7.80. The lowest BCUT2D eigenvalue weighted by atomic mass is 9.78. The molecule has 7 heteroatoms. The van der Waals surface area contributed by atoms with Crippen LogP contribution in [0.15, 0.2) is 48.0 Å². The Morgan fingerprint density at radius 3 is 2.49 bits per heavy atom. The summed E-state index contributed by atoms with van der Waals surface area (Å²) in [5, 5.41) is 2.73. The average Bonchev–Trinajstić information content (AvgIpc) is 2.77. The predicted octanol–water partition coefficient (Wildman–Crippen LogP) is 5.42. The van der Waals surface area contributed by atoms with Gasteiger partial charge in [0.25, 0.3) is 11.8 Å². The Morgan fingerprint density at radius 2 is 1.86 bits per heavy atom. The molecule has 0 spiro atoms. The Morgan fingerprint density at radius 1 is 1.17 bits per heavy atom. The van der Waals surface area contributed by atoms with Crippen molar-refractivity contribution in [3.8, 4) is 5.75 Å². The van der Waals surface area contributed by atoms with Crippen LogP contribution < -0.4 is 19.9 Å². The number of carbonyl (C=O) groups is 2. The van der Waals surface area contributed by atoms with Crippen LogP contribution in [-0.4, -0.2) is 35.1 Å². The number of thiocarbonyl (C=S) groups is 1. The first-order chi connectivity index (χ1) is 16.5. The number of hydrogen-bond donors (Lipinski definition) is 1. The molecule has 0 bridgehead atoms. The van der Waals surface area contributed by atoms with E-state index in [-0.39, 0.29) is 16.2 Å². The minimum atomic E-state index is -0.488. The van der Waals surface area contributed by atoms with E-state index in [2.05, 4.69) is 57.0 Å². The van der Waals surface area contributed by atoms with Crippen molar-refractivity contribution in [1.29, 1.82) is 0 Å². The first-order valence-corrected chi connectivity index (χ1v) is 12.5. The second kappa shape index (κ2) is 9.46. The number of ether oxygens (including phenoxy) is 1. The molecule has 1 atom stereocenters. The van der Waals surface area contributed by atoms with E-state index in [4.69, 9.17) is 17.0 Å². The molecule has 2 amide bonds. The molecule has 2 aromatic rings. The average molecular weight is 492 g/mol. The van der Waals surface area contributed by atoms with Gasteiger partial charge in [-0.2, -0.15) is 0 Å². The van der Waals surface area contributed by atoms with Crippen molar-refractivity contribution in [3.05, 3.63) is 59.2 Å². The molecule has 35 heavy (non-hydrogen) atoms. The van der Waals surface area contributed by atoms with E-state index in [1.165, 1.54) is 16.2 Å². The lowest BCUT2D eigenvalue weighted by Gasteiger charge is -2.50. The Bertz CT molecular complexity index is 1200. The van der Waals surface area contributed by atoms with Crippen LogP contribution in [0.3, 0.4) is 0 Å². The monoisotopic (exact) mass is 491 g/mol. The molecule has 0 radical (unpaired) electrons. The summed E-state index contributed by atoms with van der Waals surface area (Å²) in [6.07, 6.45) is 2.69. The predicted molar refractivity (Wildman–Crippen MR) is 145 cm³/mol. The van der Waals surface area contributed by atoms with Gasteiger partial charge in [0.1, 0.15) is 11.3 Å². The molecule has 0 unspecified atom stereocenters. The third-order valence-electron chi connectivity index (χ3n) is 6.63. The first kappa shape index (κ1) is 24.9. The Hall–Kier alpha value is -3.19. The number of benzene rings is 2. The molecular weight excluding hydrogens is 458 g/mol. The van der Waals surface area contributed by atoms with Crippen molar-refractivity contribution < 1.29 is 14.3 Å². The largest absolute Gasteiger partial charge is 0.494 e. The summed E-state index contributed by atoms with van der Waals surface area (Å²) in [6.45, 7) is 13.7. The molecular formula is C28H33N3O3S. The van der Waals surface area contributed by atoms with Gasteiger partial charge in [-0.25, -0.2) is 0 Å². The van der Waals surface area contributed by atoms with Crippen molar-refractivity contribution in [3.63, 3.8) is 0 Å². The van der Waals surface area contributed by atoms with Gasteiger partial charge in [0.15, 0.2) is 5.11 Å². The maximum atomic E-state index is 13.4. The zero-order chi connectivity index (χ0) is 25.5. The van der Waals surface area contributed by atoms with Crippen molar-refractivity contribution in [2.75, 3.05) is 16.4 Å². The minimum Gasteiger partial charge on any atom is -0.494 e. The normalized spacial score (nSPS) is 20.8. The lowest BCUT2D eigenvalue weighted by molar-refractivity contribution is -0.122. The number of nitrogens with zero attached hydrogens (tertiary/aromatic N) is 2. The molecule has 1 saturated heterocycles. The Labute approximate surface area is 212 Å². The molecule has 2 aromatic carbocycles. The highest BCUT2D eigenvalue weighted by Crippen LogP contribution is 2.44. The third kappa shape index (κ3) is 4.69. The van der Waals surface area contributed by atoms with Gasteiger partial charge >= 0.3 is 0 Å². The fraction of sp³-hybridized carbons (Fsp3) is 0.393. The summed E-state index contributed by atoms with van der Waals surface area (Å²) < 4.78 is 5.49. The maximum Gasteiger partial charge on any atom is 0.270 e. The van der Waals surface area contributed by atoms with Crippen LogP contribution in [0.5, 0.6) is 5.75 Å². The first-order valence-electron chi connectivity index (χ1n) is 12.1. The SMILES string of the molecule is CCOc1ccc(N2C(=O)/C(=C/c3ccc4c(c3)[C@@H](C)CC(C)(C)N4C(C)C)C(=O)NC2=S)cc1. The summed E-state index contributed by atoms with van der Waals surface area (Å²) in [5.74, 6) is 0.127. The van der Waals surface area contributed by atoms with E-state index < -0.39 is 11.8 Å². The van der Waals surface area contributed by atoms with Crippen LogP contribution in [0, 0.1) is 0 Å². The van der Waals surface area contributed by atoms with Crippen molar-refractivity contribution in [1.82, 2.24) is 5.32 Å². The number of amides is 2. The summed E-state index contributed by atoms with van der Waals surface area (Å²) in [5.41, 5.74) is 3.93. The van der Waals surface area contributed by atoms with Crippen LogP contribution in [0.4, 0.5) is 11.4 Å². The molecule has 4 rings (SSSR count). The van der Waals surface area contributed by atoms with Crippen molar-refractivity contribution >= 4 is 46.6 Å². The lowest BCUT2D eigenvalue weighted by Crippen LogP contribution is -2.54. The van der Waals surface area contributed by atoms with Gasteiger partial charge in [0.2, 0.25) is 0 Å². The van der Waals surface area contributed by atoms with Crippen LogP contribution in [0.1, 0.15) is 65.0 Å². The molecule has 1 N–H and O–H groups in total. The van der Waals surface area contributed by atoms with Gasteiger partial charge in [-0.3, -0.25) is 19.8 Å². The molecule has 2 aliphatic heterocycles. The van der Waals surface area contributed by atoms with E-state index in [9.17, 15) is 9.59 Å². The second-order valence-electron chi connectivity index (χ2n) is 10.1. The summed E-state index contributed by atoms with van der Waals surface area (Å²) in [7, 11) is 0. The number of fused-ring (bicyclic) bond motifs is 1. The van der Waals surface area contributed by atoms with E-state index in [0.717, 1.165) is 12.0 Å². The van der Waals surface area contributed by atoms with E-state index in [1.54, 1.807) is 30.3 Å². The highest BCUT2D eigenvalue weighted by atomic mass is 32.1. The highest BCUT2D eigenvalue weighted by Gasteiger charge is 2.38. The molecule has 0 aromatic heterocycles. The summed E-state index contributed by atoms with van der Waals surface area (Å²) >= 11 is 5.33. The maximum absolute atomic E-state index is 13.4. The topological polar surface area (TPSA) is 61.9 Å². The van der Waals surface area contributed by atoms with Gasteiger partial charge in [-0.1, -0.05) is 13.0 Å². The number of anilines is 2. The third-order valence-corrected chi connectivity index (χ3v) is 6.92. The summed E-state index contributed by atoms with van der Waals surface area (Å²) in [4.78, 5) is 30.0. The number of nitrogens with one attached hydrogen (secondary N) is 1. The zero-order valence-corrected chi connectivity index (χ0v) is 22.0.